The molecular weight excluding hydrogens is 348 g/mol. The number of ether oxygens (including phenoxy) is 4. The lowest BCUT2D eigenvalue weighted by molar-refractivity contribution is -0.169. The normalized spacial score (nSPS) is 15.2. The zero-order valence-corrected chi connectivity index (χ0v) is 15.8. The van der Waals surface area contributed by atoms with Crippen LogP contribution in [0.5, 0.6) is 0 Å². The third kappa shape index (κ3) is 10.6. The second-order valence-electron chi connectivity index (χ2n) is 5.68. The van der Waals surface area contributed by atoms with E-state index in [4.69, 9.17) is 24.7 Å². The van der Waals surface area contributed by atoms with Crippen LogP contribution in [0.4, 0.5) is 0 Å². The minimum Gasteiger partial charge on any atom is -0.464 e. The molecule has 0 aliphatic heterocycles. The van der Waals surface area contributed by atoms with Gasteiger partial charge in [-0.1, -0.05) is 0 Å². The van der Waals surface area contributed by atoms with E-state index in [1.54, 1.807) is 13.8 Å². The van der Waals surface area contributed by atoms with Crippen LogP contribution in [0, 0.1) is 0 Å². The molecule has 2 unspecified atom stereocenters. The molecule has 1 amide bonds. The van der Waals surface area contributed by atoms with Gasteiger partial charge in [0.25, 0.3) is 0 Å². The van der Waals surface area contributed by atoms with E-state index >= 15 is 0 Å². The summed E-state index contributed by atoms with van der Waals surface area (Å²) in [6.45, 7) is 6.40. The molecule has 0 aliphatic carbocycles. The van der Waals surface area contributed by atoms with E-state index in [0.29, 0.717) is 0 Å². The molecule has 10 heteroatoms. The summed E-state index contributed by atoms with van der Waals surface area (Å²) in [4.78, 5) is 44.8. The summed E-state index contributed by atoms with van der Waals surface area (Å²) in [5.41, 5.74) is 5.29. The third-order valence-corrected chi connectivity index (χ3v) is 3.28. The number of carbonyl (C=O) groups excluding carboxylic acids is 4. The summed E-state index contributed by atoms with van der Waals surface area (Å²) >= 11 is 0. The van der Waals surface area contributed by atoms with E-state index < -0.39 is 48.2 Å². The topological polar surface area (TPSA) is 143 Å². The van der Waals surface area contributed by atoms with Crippen molar-refractivity contribution in [3.8, 4) is 0 Å². The maximum atomic E-state index is 11.6. The Morgan fingerprint density at radius 2 is 1.42 bits per heavy atom. The van der Waals surface area contributed by atoms with Gasteiger partial charge in [-0.25, -0.2) is 0 Å². The van der Waals surface area contributed by atoms with Gasteiger partial charge in [0, 0.05) is 20.8 Å². The average Bonchev–Trinajstić information content (AvgIpc) is 2.53. The zero-order valence-electron chi connectivity index (χ0n) is 15.8. The highest BCUT2D eigenvalue weighted by molar-refractivity contribution is 5.78. The van der Waals surface area contributed by atoms with Crippen LogP contribution in [0.3, 0.4) is 0 Å². The molecule has 0 saturated heterocycles. The Hall–Kier alpha value is -2.20. The number of rotatable bonds is 11. The van der Waals surface area contributed by atoms with E-state index in [1.165, 1.54) is 20.8 Å². The molecule has 0 aromatic heterocycles. The van der Waals surface area contributed by atoms with Gasteiger partial charge in [0.05, 0.1) is 18.7 Å². The van der Waals surface area contributed by atoms with Gasteiger partial charge < -0.3 is 30.0 Å². The van der Waals surface area contributed by atoms with E-state index in [2.05, 4.69) is 5.32 Å². The molecule has 10 nitrogen and oxygen atoms in total. The molecule has 0 saturated carbocycles. The number of hydrogen-bond acceptors (Lipinski definition) is 9. The van der Waals surface area contributed by atoms with Gasteiger partial charge in [-0.15, -0.1) is 0 Å². The van der Waals surface area contributed by atoms with Crippen molar-refractivity contribution in [1.82, 2.24) is 5.32 Å². The summed E-state index contributed by atoms with van der Waals surface area (Å²) < 4.78 is 20.7. The molecule has 0 aromatic carbocycles. The number of nitrogens with one attached hydrogen (secondary N) is 1. The highest BCUT2D eigenvalue weighted by atomic mass is 16.6. The number of carbonyl (C=O) groups is 4. The molecule has 3 N–H and O–H groups in total. The van der Waals surface area contributed by atoms with Crippen molar-refractivity contribution in [3.63, 3.8) is 0 Å². The van der Waals surface area contributed by atoms with Crippen molar-refractivity contribution in [2.24, 2.45) is 5.73 Å². The van der Waals surface area contributed by atoms with Gasteiger partial charge in [0.1, 0.15) is 25.4 Å². The predicted molar refractivity (Wildman–Crippen MR) is 89.8 cm³/mol. The summed E-state index contributed by atoms with van der Waals surface area (Å²) in [5, 5.41) is 2.59. The average molecular weight is 376 g/mol. The number of esters is 3. The highest BCUT2D eigenvalue weighted by Gasteiger charge is 2.29. The van der Waals surface area contributed by atoms with Crippen molar-refractivity contribution >= 4 is 23.8 Å². The van der Waals surface area contributed by atoms with Crippen LogP contribution >= 0.6 is 0 Å². The van der Waals surface area contributed by atoms with Gasteiger partial charge in [-0.3, -0.25) is 19.2 Å². The Bertz CT molecular complexity index is 497. The first kappa shape index (κ1) is 23.8. The van der Waals surface area contributed by atoms with Gasteiger partial charge in [0.15, 0.2) is 0 Å². The summed E-state index contributed by atoms with van der Waals surface area (Å²) in [6, 6.07) is -0.695. The van der Waals surface area contributed by atoms with Gasteiger partial charge in [-0.2, -0.15) is 0 Å². The number of hydrogen-bond donors (Lipinski definition) is 2. The Labute approximate surface area is 152 Å². The molecule has 0 fully saturated rings. The van der Waals surface area contributed by atoms with Crippen molar-refractivity contribution in [2.45, 2.75) is 59.0 Å². The molecule has 150 valence electrons. The molecule has 0 aromatic rings. The van der Waals surface area contributed by atoms with Crippen LogP contribution in [0.15, 0.2) is 0 Å². The minimum absolute atomic E-state index is 0.134. The highest BCUT2D eigenvalue weighted by Crippen LogP contribution is 2.12. The Kier molecular flexibility index (Phi) is 11.2. The molecule has 0 aliphatic rings. The Morgan fingerprint density at radius 3 is 1.88 bits per heavy atom. The lowest BCUT2D eigenvalue weighted by Gasteiger charge is -2.31. The van der Waals surface area contributed by atoms with Crippen LogP contribution < -0.4 is 11.1 Å². The Balaban J connectivity index is 5.09. The molecule has 0 bridgehead atoms. The van der Waals surface area contributed by atoms with Crippen molar-refractivity contribution in [2.75, 3.05) is 19.8 Å². The molecule has 0 radical (unpaired) electrons. The fourth-order valence-electron chi connectivity index (χ4n) is 1.96. The van der Waals surface area contributed by atoms with E-state index in [0.717, 1.165) is 0 Å². The maximum Gasteiger partial charge on any atom is 0.302 e. The van der Waals surface area contributed by atoms with Crippen LogP contribution in [-0.4, -0.2) is 67.9 Å². The first-order valence-corrected chi connectivity index (χ1v) is 8.15. The monoisotopic (exact) mass is 376 g/mol. The molecule has 4 atom stereocenters. The smallest absolute Gasteiger partial charge is 0.302 e. The van der Waals surface area contributed by atoms with E-state index in [1.807, 2.05) is 0 Å². The summed E-state index contributed by atoms with van der Waals surface area (Å²) in [6.07, 6.45) is -2.16. The maximum absolute atomic E-state index is 11.6. The molecule has 0 heterocycles. The SMILES string of the molecule is CC(=O)OCC(OC(C)[C@@H](COC(C)=O)NC(=O)CN)[C@H](C)OC(C)=O. The fourth-order valence-corrected chi connectivity index (χ4v) is 1.96. The zero-order chi connectivity index (χ0) is 20.3. The van der Waals surface area contributed by atoms with E-state index in [9.17, 15) is 19.2 Å². The first-order chi connectivity index (χ1) is 12.1. The second-order valence-corrected chi connectivity index (χ2v) is 5.68. The van der Waals surface area contributed by atoms with Crippen LogP contribution in [0.2, 0.25) is 0 Å². The van der Waals surface area contributed by atoms with Gasteiger partial charge in [-0.05, 0) is 13.8 Å². The lowest BCUT2D eigenvalue weighted by atomic mass is 10.1. The quantitative estimate of drug-likeness (QED) is 0.353. The molecule has 0 rings (SSSR count). The van der Waals surface area contributed by atoms with Crippen molar-refractivity contribution < 1.29 is 38.1 Å². The van der Waals surface area contributed by atoms with Crippen LogP contribution in [0.1, 0.15) is 34.6 Å². The molecular formula is C16H28N2O8. The molecule has 0 spiro atoms. The largest absolute Gasteiger partial charge is 0.464 e. The van der Waals surface area contributed by atoms with Crippen LogP contribution in [0.25, 0.3) is 0 Å². The Morgan fingerprint density at radius 1 is 0.885 bits per heavy atom. The summed E-state index contributed by atoms with van der Waals surface area (Å²) in [7, 11) is 0. The minimum atomic E-state index is -0.785. The standard InChI is InChI=1S/C16H28N2O8/c1-9(14(7-23-11(3)19)18-16(22)6-17)26-15(8-24-12(4)20)10(2)25-13(5)21/h9-10,14-15H,6-8,17H2,1-5H3,(H,18,22)/t9?,10-,14+,15?/m0/s1. The summed E-state index contributed by atoms with van der Waals surface area (Å²) in [5.74, 6) is -2.01. The first-order valence-electron chi connectivity index (χ1n) is 8.15. The number of nitrogens with two attached hydrogens (primary N) is 1. The van der Waals surface area contributed by atoms with Gasteiger partial charge in [0.2, 0.25) is 5.91 Å². The predicted octanol–water partition coefficient (Wildman–Crippen LogP) is -0.719. The lowest BCUT2D eigenvalue weighted by Crippen LogP contribution is -2.51. The van der Waals surface area contributed by atoms with Crippen molar-refractivity contribution in [3.05, 3.63) is 0 Å². The van der Waals surface area contributed by atoms with Crippen molar-refractivity contribution in [1.29, 1.82) is 0 Å². The third-order valence-electron chi connectivity index (χ3n) is 3.28. The van der Waals surface area contributed by atoms with Crippen LogP contribution in [-0.2, 0) is 38.1 Å². The second kappa shape index (κ2) is 12.2. The van der Waals surface area contributed by atoms with E-state index in [-0.39, 0.29) is 19.8 Å². The molecule has 26 heavy (non-hydrogen) atoms. The van der Waals surface area contributed by atoms with Gasteiger partial charge >= 0.3 is 17.9 Å². The number of amides is 1. The fraction of sp³-hybridized carbons (Fsp3) is 0.750.